The van der Waals surface area contributed by atoms with Crippen LogP contribution in [0.4, 0.5) is 5.69 Å². The number of fused-ring (bicyclic) bond motifs is 1. The van der Waals surface area contributed by atoms with Crippen molar-refractivity contribution in [1.82, 2.24) is 5.32 Å². The van der Waals surface area contributed by atoms with E-state index in [1.54, 1.807) is 0 Å². The first-order chi connectivity index (χ1) is 9.72. The number of nitrogens with one attached hydrogen (secondary N) is 1. The Morgan fingerprint density at radius 3 is 2.95 bits per heavy atom. The van der Waals surface area contributed by atoms with E-state index in [1.165, 1.54) is 49.9 Å². The van der Waals surface area contributed by atoms with E-state index in [0.29, 0.717) is 12.1 Å². The third-order valence-electron chi connectivity index (χ3n) is 4.44. The van der Waals surface area contributed by atoms with E-state index in [9.17, 15) is 0 Å². The van der Waals surface area contributed by atoms with Crippen molar-refractivity contribution < 1.29 is 0 Å². The van der Waals surface area contributed by atoms with Gasteiger partial charge in [0, 0.05) is 24.3 Å². The minimum Gasteiger partial charge on any atom is -0.369 e. The maximum Gasteiger partial charge on any atom is 0.0401 e. The molecule has 0 fully saturated rings. The number of rotatable bonds is 7. The summed E-state index contributed by atoms with van der Waals surface area (Å²) in [7, 11) is 0. The Bertz CT molecular complexity index is 402. The van der Waals surface area contributed by atoms with Crippen LogP contribution in [0.1, 0.15) is 52.0 Å². The van der Waals surface area contributed by atoms with Crippen molar-refractivity contribution in [2.24, 2.45) is 0 Å². The molecular formula is C18H30N2. The summed E-state index contributed by atoms with van der Waals surface area (Å²) in [6, 6.07) is 10.3. The van der Waals surface area contributed by atoms with Crippen LogP contribution < -0.4 is 10.2 Å². The van der Waals surface area contributed by atoms with Gasteiger partial charge in [0.2, 0.25) is 0 Å². The highest BCUT2D eigenvalue weighted by molar-refractivity contribution is 5.56. The molecule has 2 nitrogen and oxygen atoms in total. The smallest absolute Gasteiger partial charge is 0.0401 e. The van der Waals surface area contributed by atoms with Crippen LogP contribution in [0.2, 0.25) is 0 Å². The number of para-hydroxylation sites is 1. The SMILES string of the molecule is CCCNC(C)CCCN1c2ccccc2CCC1C. The van der Waals surface area contributed by atoms with E-state index in [2.05, 4.69) is 55.3 Å². The van der Waals surface area contributed by atoms with Crippen molar-refractivity contribution in [3.05, 3.63) is 29.8 Å². The molecule has 0 bridgehead atoms. The number of hydrogen-bond acceptors (Lipinski definition) is 2. The standard InChI is InChI=1S/C18H30N2/c1-4-13-19-15(2)8-7-14-20-16(3)11-12-17-9-5-6-10-18(17)20/h5-6,9-10,15-16,19H,4,7-8,11-14H2,1-3H3. The maximum absolute atomic E-state index is 3.58. The van der Waals surface area contributed by atoms with Crippen LogP contribution in [-0.4, -0.2) is 25.2 Å². The molecule has 1 N–H and O–H groups in total. The van der Waals surface area contributed by atoms with Gasteiger partial charge >= 0.3 is 0 Å². The average Bonchev–Trinajstić information content (AvgIpc) is 2.47. The van der Waals surface area contributed by atoms with Crippen molar-refractivity contribution in [1.29, 1.82) is 0 Å². The molecule has 0 saturated carbocycles. The van der Waals surface area contributed by atoms with Crippen LogP contribution in [0.25, 0.3) is 0 Å². The van der Waals surface area contributed by atoms with Gasteiger partial charge in [0.05, 0.1) is 0 Å². The van der Waals surface area contributed by atoms with Gasteiger partial charge < -0.3 is 10.2 Å². The molecule has 0 radical (unpaired) electrons. The van der Waals surface area contributed by atoms with Crippen LogP contribution >= 0.6 is 0 Å². The van der Waals surface area contributed by atoms with Crippen molar-refractivity contribution in [3.63, 3.8) is 0 Å². The van der Waals surface area contributed by atoms with Crippen LogP contribution in [0, 0.1) is 0 Å². The number of benzene rings is 1. The molecular weight excluding hydrogens is 244 g/mol. The van der Waals surface area contributed by atoms with Crippen molar-refractivity contribution in [2.75, 3.05) is 18.0 Å². The van der Waals surface area contributed by atoms with Gasteiger partial charge in [-0.1, -0.05) is 25.1 Å². The molecule has 2 atom stereocenters. The fourth-order valence-corrected chi connectivity index (χ4v) is 3.16. The molecule has 1 heterocycles. The molecule has 20 heavy (non-hydrogen) atoms. The van der Waals surface area contributed by atoms with E-state index in [0.717, 1.165) is 6.54 Å². The zero-order chi connectivity index (χ0) is 14.4. The quantitative estimate of drug-likeness (QED) is 0.808. The second kappa shape index (κ2) is 7.68. The Labute approximate surface area is 124 Å². The van der Waals surface area contributed by atoms with Crippen LogP contribution in [0.5, 0.6) is 0 Å². The highest BCUT2D eigenvalue weighted by atomic mass is 15.2. The molecule has 2 rings (SSSR count). The highest BCUT2D eigenvalue weighted by Gasteiger charge is 2.22. The Morgan fingerprint density at radius 2 is 2.15 bits per heavy atom. The molecule has 1 aromatic carbocycles. The van der Waals surface area contributed by atoms with Gasteiger partial charge in [0.1, 0.15) is 0 Å². The molecule has 2 unspecified atom stereocenters. The summed E-state index contributed by atoms with van der Waals surface area (Å²) in [5.41, 5.74) is 3.00. The Morgan fingerprint density at radius 1 is 1.35 bits per heavy atom. The summed E-state index contributed by atoms with van der Waals surface area (Å²) in [5.74, 6) is 0. The lowest BCUT2D eigenvalue weighted by atomic mass is 9.96. The molecule has 0 amide bonds. The van der Waals surface area contributed by atoms with E-state index >= 15 is 0 Å². The molecule has 2 heteroatoms. The largest absolute Gasteiger partial charge is 0.369 e. The normalized spacial score (nSPS) is 19.8. The van der Waals surface area contributed by atoms with E-state index in [1.807, 2.05) is 0 Å². The first kappa shape index (κ1) is 15.4. The molecule has 1 aromatic rings. The fraction of sp³-hybridized carbons (Fsp3) is 0.667. The molecule has 112 valence electrons. The third kappa shape index (κ3) is 3.99. The zero-order valence-electron chi connectivity index (χ0n) is 13.4. The second-order valence-corrected chi connectivity index (χ2v) is 6.21. The van der Waals surface area contributed by atoms with Gasteiger partial charge in [-0.05, 0) is 64.1 Å². The summed E-state index contributed by atoms with van der Waals surface area (Å²) < 4.78 is 0. The van der Waals surface area contributed by atoms with Crippen molar-refractivity contribution >= 4 is 5.69 Å². The van der Waals surface area contributed by atoms with E-state index in [-0.39, 0.29) is 0 Å². The van der Waals surface area contributed by atoms with Gasteiger partial charge in [0.25, 0.3) is 0 Å². The van der Waals surface area contributed by atoms with Gasteiger partial charge in [-0.15, -0.1) is 0 Å². The maximum atomic E-state index is 3.58. The van der Waals surface area contributed by atoms with Crippen LogP contribution in [-0.2, 0) is 6.42 Å². The van der Waals surface area contributed by atoms with Gasteiger partial charge in [-0.25, -0.2) is 0 Å². The molecule has 1 aliphatic heterocycles. The summed E-state index contributed by atoms with van der Waals surface area (Å²) >= 11 is 0. The lowest BCUT2D eigenvalue weighted by Gasteiger charge is -2.37. The van der Waals surface area contributed by atoms with E-state index in [4.69, 9.17) is 0 Å². The highest BCUT2D eigenvalue weighted by Crippen LogP contribution is 2.30. The van der Waals surface area contributed by atoms with Crippen molar-refractivity contribution in [3.8, 4) is 0 Å². The number of aryl methyl sites for hydroxylation is 1. The van der Waals surface area contributed by atoms with Crippen molar-refractivity contribution in [2.45, 2.75) is 65.0 Å². The fourth-order valence-electron chi connectivity index (χ4n) is 3.16. The summed E-state index contributed by atoms with van der Waals surface area (Å²) in [6.45, 7) is 9.24. The molecule has 0 aromatic heterocycles. The number of anilines is 1. The van der Waals surface area contributed by atoms with Gasteiger partial charge in [-0.3, -0.25) is 0 Å². The summed E-state index contributed by atoms with van der Waals surface area (Å²) in [6.07, 6.45) is 6.30. The molecule has 0 aliphatic carbocycles. The average molecular weight is 274 g/mol. The summed E-state index contributed by atoms with van der Waals surface area (Å²) in [5, 5.41) is 3.58. The minimum absolute atomic E-state index is 0.644. The Balaban J connectivity index is 1.86. The number of nitrogens with zero attached hydrogens (tertiary/aromatic N) is 1. The molecule has 0 saturated heterocycles. The first-order valence-corrected chi connectivity index (χ1v) is 8.30. The lowest BCUT2D eigenvalue weighted by molar-refractivity contribution is 0.480. The monoisotopic (exact) mass is 274 g/mol. The van der Waals surface area contributed by atoms with Crippen LogP contribution in [0.15, 0.2) is 24.3 Å². The minimum atomic E-state index is 0.644. The van der Waals surface area contributed by atoms with Crippen LogP contribution in [0.3, 0.4) is 0 Å². The number of hydrogen-bond donors (Lipinski definition) is 1. The predicted octanol–water partition coefficient (Wildman–Crippen LogP) is 4.00. The topological polar surface area (TPSA) is 15.3 Å². The molecule has 1 aliphatic rings. The van der Waals surface area contributed by atoms with Gasteiger partial charge in [0.15, 0.2) is 0 Å². The van der Waals surface area contributed by atoms with E-state index < -0.39 is 0 Å². The first-order valence-electron chi connectivity index (χ1n) is 8.30. The third-order valence-corrected chi connectivity index (χ3v) is 4.44. The summed E-state index contributed by atoms with van der Waals surface area (Å²) in [4.78, 5) is 2.62. The predicted molar refractivity (Wildman–Crippen MR) is 88.6 cm³/mol. The van der Waals surface area contributed by atoms with Gasteiger partial charge in [-0.2, -0.15) is 0 Å². The second-order valence-electron chi connectivity index (χ2n) is 6.21. The Kier molecular flexibility index (Phi) is 5.90. The lowest BCUT2D eigenvalue weighted by Crippen LogP contribution is -2.38. The Hall–Kier alpha value is -1.02. The molecule has 0 spiro atoms. The zero-order valence-corrected chi connectivity index (χ0v) is 13.4.